The highest BCUT2D eigenvalue weighted by molar-refractivity contribution is 5.85. The van der Waals surface area contributed by atoms with Crippen LogP contribution in [0, 0.1) is 0 Å². The summed E-state index contributed by atoms with van der Waals surface area (Å²) in [5, 5.41) is 7.96. The highest BCUT2D eigenvalue weighted by Crippen LogP contribution is 2.10. The Morgan fingerprint density at radius 1 is 1.31 bits per heavy atom. The summed E-state index contributed by atoms with van der Waals surface area (Å²) < 4.78 is 1.95. The maximum Gasteiger partial charge on any atom is 0.146 e. The number of rotatable bonds is 2. The van der Waals surface area contributed by atoms with Crippen LogP contribution in [0.1, 0.15) is 31.4 Å². The Balaban J connectivity index is 0. The van der Waals surface area contributed by atoms with Gasteiger partial charge in [-0.1, -0.05) is 13.8 Å². The molecule has 0 saturated heterocycles. The van der Waals surface area contributed by atoms with Gasteiger partial charge in [-0.3, -0.25) is 0 Å². The van der Waals surface area contributed by atoms with E-state index in [9.17, 15) is 0 Å². The molecule has 0 amide bonds. The first kappa shape index (κ1) is 15.2. The van der Waals surface area contributed by atoms with E-state index < -0.39 is 0 Å². The van der Waals surface area contributed by atoms with Gasteiger partial charge in [-0.2, -0.15) is 0 Å². The van der Waals surface area contributed by atoms with Crippen molar-refractivity contribution in [3.63, 3.8) is 0 Å². The molecule has 1 rings (SSSR count). The maximum atomic E-state index is 5.44. The monoisotopic (exact) mass is 226 g/mol. The minimum atomic E-state index is 0. The first-order chi connectivity index (χ1) is 5.16. The van der Waals surface area contributed by atoms with Gasteiger partial charge in [0.2, 0.25) is 0 Å². The molecule has 0 fully saturated rings. The molecular weight excluding hydrogens is 211 g/mol. The molecule has 78 valence electrons. The topological polar surface area (TPSA) is 56.7 Å². The average Bonchev–Trinajstić information content (AvgIpc) is 2.30. The molecule has 0 spiro atoms. The summed E-state index contributed by atoms with van der Waals surface area (Å²) in [5.74, 6) is 2.24. The van der Waals surface area contributed by atoms with Crippen LogP contribution < -0.4 is 5.73 Å². The van der Waals surface area contributed by atoms with Crippen molar-refractivity contribution in [2.45, 2.75) is 26.3 Å². The van der Waals surface area contributed by atoms with Crippen molar-refractivity contribution in [3.8, 4) is 0 Å². The van der Waals surface area contributed by atoms with Crippen LogP contribution in [0.2, 0.25) is 0 Å². The number of aromatic nitrogens is 3. The van der Waals surface area contributed by atoms with Crippen LogP contribution in [-0.4, -0.2) is 14.8 Å². The first-order valence-corrected chi connectivity index (χ1v) is 3.75. The van der Waals surface area contributed by atoms with E-state index in [0.717, 1.165) is 11.6 Å². The van der Waals surface area contributed by atoms with Crippen LogP contribution in [0.25, 0.3) is 0 Å². The summed E-state index contributed by atoms with van der Waals surface area (Å²) in [6.07, 6.45) is 0. The van der Waals surface area contributed by atoms with Gasteiger partial charge in [-0.05, 0) is 0 Å². The number of hydrogen-bond acceptors (Lipinski definition) is 3. The third-order valence-corrected chi connectivity index (χ3v) is 1.70. The Labute approximate surface area is 90.7 Å². The molecule has 2 N–H and O–H groups in total. The van der Waals surface area contributed by atoms with Crippen LogP contribution in [-0.2, 0) is 13.6 Å². The van der Waals surface area contributed by atoms with Gasteiger partial charge < -0.3 is 10.3 Å². The molecule has 0 saturated carbocycles. The Morgan fingerprint density at radius 3 is 2.08 bits per heavy atom. The standard InChI is InChI=1S/C7H14N4.2ClH/c1-5(2)7-10-9-6(4-8)11(7)3;;/h5H,4,8H2,1-3H3;2*1H. The number of nitrogens with zero attached hydrogens (tertiary/aromatic N) is 3. The lowest BCUT2D eigenvalue weighted by Crippen LogP contribution is -2.07. The Hall–Kier alpha value is -0.320. The molecule has 0 aromatic carbocycles. The maximum absolute atomic E-state index is 5.44. The van der Waals surface area contributed by atoms with Gasteiger partial charge in [0.15, 0.2) is 0 Å². The second-order valence-electron chi connectivity index (χ2n) is 2.89. The molecule has 4 nitrogen and oxygen atoms in total. The third-order valence-electron chi connectivity index (χ3n) is 1.70. The van der Waals surface area contributed by atoms with Gasteiger partial charge >= 0.3 is 0 Å². The SMILES string of the molecule is CC(C)c1nnc(CN)n1C.Cl.Cl. The van der Waals surface area contributed by atoms with Crippen molar-refractivity contribution in [1.82, 2.24) is 14.8 Å². The van der Waals surface area contributed by atoms with Gasteiger partial charge in [-0.15, -0.1) is 35.0 Å². The molecular formula is C7H16Cl2N4. The van der Waals surface area contributed by atoms with Crippen LogP contribution in [0.4, 0.5) is 0 Å². The van der Waals surface area contributed by atoms with E-state index in [1.165, 1.54) is 0 Å². The third kappa shape index (κ3) is 3.14. The van der Waals surface area contributed by atoms with Crippen LogP contribution in [0.5, 0.6) is 0 Å². The molecule has 0 aliphatic rings. The Bertz CT molecular complexity index is 247. The van der Waals surface area contributed by atoms with E-state index in [0.29, 0.717) is 12.5 Å². The van der Waals surface area contributed by atoms with Crippen LogP contribution in [0.3, 0.4) is 0 Å². The summed E-state index contributed by atoms with van der Waals surface area (Å²) in [7, 11) is 1.94. The van der Waals surface area contributed by atoms with Crippen molar-refractivity contribution in [3.05, 3.63) is 11.6 Å². The van der Waals surface area contributed by atoms with Gasteiger partial charge in [-0.25, -0.2) is 0 Å². The van der Waals surface area contributed by atoms with Crippen molar-refractivity contribution >= 4 is 24.8 Å². The van der Waals surface area contributed by atoms with Crippen LogP contribution in [0.15, 0.2) is 0 Å². The highest BCUT2D eigenvalue weighted by atomic mass is 35.5. The molecule has 6 heteroatoms. The van der Waals surface area contributed by atoms with E-state index >= 15 is 0 Å². The fourth-order valence-electron chi connectivity index (χ4n) is 1.06. The summed E-state index contributed by atoms with van der Waals surface area (Å²) in [5.41, 5.74) is 5.44. The molecule has 0 unspecified atom stereocenters. The zero-order valence-corrected chi connectivity index (χ0v) is 9.65. The molecule has 0 aliphatic carbocycles. The fraction of sp³-hybridized carbons (Fsp3) is 0.714. The quantitative estimate of drug-likeness (QED) is 0.826. The first-order valence-electron chi connectivity index (χ1n) is 3.75. The number of halogens is 2. The molecule has 0 radical (unpaired) electrons. The number of hydrogen-bond donors (Lipinski definition) is 1. The normalized spacial score (nSPS) is 9.31. The van der Waals surface area contributed by atoms with Crippen molar-refractivity contribution in [2.24, 2.45) is 12.8 Å². The predicted molar refractivity (Wildman–Crippen MR) is 57.5 cm³/mol. The second-order valence-corrected chi connectivity index (χ2v) is 2.89. The summed E-state index contributed by atoms with van der Waals surface area (Å²) in [6.45, 7) is 4.63. The second kappa shape index (κ2) is 6.18. The Morgan fingerprint density at radius 2 is 1.85 bits per heavy atom. The van der Waals surface area contributed by atoms with E-state index in [4.69, 9.17) is 5.73 Å². The highest BCUT2D eigenvalue weighted by Gasteiger charge is 2.09. The van der Waals surface area contributed by atoms with E-state index in [1.807, 2.05) is 11.6 Å². The van der Waals surface area contributed by atoms with Crippen LogP contribution >= 0.6 is 24.8 Å². The van der Waals surface area contributed by atoms with Crippen molar-refractivity contribution < 1.29 is 0 Å². The van der Waals surface area contributed by atoms with Gasteiger partial charge in [0.25, 0.3) is 0 Å². The smallest absolute Gasteiger partial charge is 0.146 e. The molecule has 0 bridgehead atoms. The fourth-order valence-corrected chi connectivity index (χ4v) is 1.06. The minimum Gasteiger partial charge on any atom is -0.324 e. The largest absolute Gasteiger partial charge is 0.324 e. The van der Waals surface area contributed by atoms with E-state index in [2.05, 4.69) is 24.0 Å². The predicted octanol–water partition coefficient (Wildman–Crippen LogP) is 1.24. The molecule has 0 aliphatic heterocycles. The van der Waals surface area contributed by atoms with E-state index in [-0.39, 0.29) is 24.8 Å². The van der Waals surface area contributed by atoms with Crippen molar-refractivity contribution in [1.29, 1.82) is 0 Å². The average molecular weight is 227 g/mol. The molecule has 1 aromatic heterocycles. The molecule has 0 atom stereocenters. The molecule has 13 heavy (non-hydrogen) atoms. The lowest BCUT2D eigenvalue weighted by Gasteiger charge is -2.03. The number of nitrogens with two attached hydrogens (primary N) is 1. The van der Waals surface area contributed by atoms with Crippen molar-refractivity contribution in [2.75, 3.05) is 0 Å². The van der Waals surface area contributed by atoms with Gasteiger partial charge in [0.1, 0.15) is 11.6 Å². The molecule has 1 heterocycles. The summed E-state index contributed by atoms with van der Waals surface area (Å²) in [4.78, 5) is 0. The lowest BCUT2D eigenvalue weighted by molar-refractivity contribution is 0.688. The zero-order valence-electron chi connectivity index (χ0n) is 8.02. The summed E-state index contributed by atoms with van der Waals surface area (Å²) in [6, 6.07) is 0. The van der Waals surface area contributed by atoms with Gasteiger partial charge in [0.05, 0.1) is 6.54 Å². The van der Waals surface area contributed by atoms with Gasteiger partial charge in [0, 0.05) is 13.0 Å². The minimum absolute atomic E-state index is 0. The molecule has 1 aromatic rings. The van der Waals surface area contributed by atoms with E-state index in [1.54, 1.807) is 0 Å². The lowest BCUT2D eigenvalue weighted by atomic mass is 10.2. The summed E-state index contributed by atoms with van der Waals surface area (Å²) >= 11 is 0. The Kier molecular flexibility index (Phi) is 7.21. The zero-order chi connectivity index (χ0) is 8.43.